The molecule has 0 heterocycles. The monoisotopic (exact) mass is 239 g/mol. The Bertz CT molecular complexity index is 307. The van der Waals surface area contributed by atoms with Crippen LogP contribution in [-0.4, -0.2) is 8.15 Å². The molecule has 64 valence electrons. The largest absolute Gasteiger partial charge is 0.526 e. The molecule has 0 saturated carbocycles. The van der Waals surface area contributed by atoms with Gasteiger partial charge >= 0.3 is 8.15 Å². The van der Waals surface area contributed by atoms with E-state index in [0.717, 1.165) is 4.08 Å². The van der Waals surface area contributed by atoms with Crippen LogP contribution in [0.1, 0.15) is 0 Å². The van der Waals surface area contributed by atoms with E-state index in [9.17, 15) is 4.46 Å². The Morgan fingerprint density at radius 3 is 2.42 bits per heavy atom. The summed E-state index contributed by atoms with van der Waals surface area (Å²) in [7, 11) is -2.45. The molecule has 2 nitrogen and oxygen atoms in total. The van der Waals surface area contributed by atoms with Crippen LogP contribution in [0.25, 0.3) is 0 Å². The highest BCUT2D eigenvalue weighted by Gasteiger charge is 2.15. The Morgan fingerprint density at radius 1 is 1.33 bits per heavy atom. The molecule has 1 aromatic carbocycles. The van der Waals surface area contributed by atoms with Crippen molar-refractivity contribution in [2.75, 3.05) is 4.08 Å². The van der Waals surface area contributed by atoms with E-state index >= 15 is 0 Å². The van der Waals surface area contributed by atoms with Gasteiger partial charge in [0.1, 0.15) is 0 Å². The van der Waals surface area contributed by atoms with Crippen molar-refractivity contribution < 1.29 is 4.46 Å². The number of benzene rings is 1. The normalized spacial score (nSPS) is 9.58. The number of hydrogen-bond donors (Lipinski definition) is 0. The van der Waals surface area contributed by atoms with Crippen molar-refractivity contribution in [1.82, 2.24) is 0 Å². The first-order valence-electron chi connectivity index (χ1n) is 3.03. The van der Waals surface area contributed by atoms with E-state index < -0.39 is 8.15 Å². The van der Waals surface area contributed by atoms with Crippen molar-refractivity contribution in [3.05, 3.63) is 29.3 Å². The number of rotatable bonds is 2. The number of halogens is 3. The van der Waals surface area contributed by atoms with Gasteiger partial charge in [-0.1, -0.05) is 34.8 Å². The topological polar surface area (TPSA) is 20.3 Å². The van der Waals surface area contributed by atoms with Gasteiger partial charge in [-0.3, -0.25) is 0 Å². The van der Waals surface area contributed by atoms with Crippen molar-refractivity contribution in [3.63, 3.8) is 0 Å². The lowest BCUT2D eigenvalue weighted by Gasteiger charge is -2.10. The van der Waals surface area contributed by atoms with Crippen LogP contribution in [0.15, 0.2) is 24.3 Å². The van der Waals surface area contributed by atoms with Gasteiger partial charge < -0.3 is 4.46 Å². The SMILES string of the molecule is O=[Si](Cl)N(Cl)c1ccccc1Cl. The van der Waals surface area contributed by atoms with Crippen LogP contribution in [0.2, 0.25) is 5.02 Å². The average molecular weight is 241 g/mol. The summed E-state index contributed by atoms with van der Waals surface area (Å²) in [4.78, 5) is 0. The zero-order chi connectivity index (χ0) is 9.14. The van der Waals surface area contributed by atoms with Gasteiger partial charge in [0, 0.05) is 11.8 Å². The van der Waals surface area contributed by atoms with Crippen molar-refractivity contribution in [3.8, 4) is 0 Å². The van der Waals surface area contributed by atoms with Gasteiger partial charge in [0.05, 0.1) is 10.7 Å². The third kappa shape index (κ3) is 2.20. The first-order chi connectivity index (χ1) is 5.63. The zero-order valence-electron chi connectivity index (χ0n) is 5.80. The molecular formula is C6H4Cl3NOSi. The highest BCUT2D eigenvalue weighted by atomic mass is 35.6. The molecule has 12 heavy (non-hydrogen) atoms. The molecular weight excluding hydrogens is 237 g/mol. The van der Waals surface area contributed by atoms with Crippen LogP contribution in [-0.2, 0) is 4.46 Å². The van der Waals surface area contributed by atoms with Crippen LogP contribution in [0, 0.1) is 0 Å². The fourth-order valence-electron chi connectivity index (χ4n) is 0.706. The minimum absolute atomic E-state index is 0.423. The second kappa shape index (κ2) is 4.23. The van der Waals surface area contributed by atoms with Gasteiger partial charge in [-0.05, 0) is 12.1 Å². The van der Waals surface area contributed by atoms with Crippen LogP contribution in [0.4, 0.5) is 5.69 Å². The average Bonchev–Trinajstić information content (AvgIpc) is 2.04. The summed E-state index contributed by atoms with van der Waals surface area (Å²) in [6.07, 6.45) is 0. The van der Waals surface area contributed by atoms with Crippen molar-refractivity contribution in [2.24, 2.45) is 0 Å². The maximum atomic E-state index is 10.8. The summed E-state index contributed by atoms with van der Waals surface area (Å²) in [5.74, 6) is 0. The fourth-order valence-corrected chi connectivity index (χ4v) is 1.84. The molecule has 1 rings (SSSR count). The van der Waals surface area contributed by atoms with E-state index in [2.05, 4.69) is 0 Å². The van der Waals surface area contributed by atoms with Gasteiger partial charge in [-0.2, -0.15) is 0 Å². The van der Waals surface area contributed by atoms with Gasteiger partial charge in [0.25, 0.3) is 0 Å². The first-order valence-corrected chi connectivity index (χ1v) is 6.11. The van der Waals surface area contributed by atoms with Gasteiger partial charge in [-0.25, -0.2) is 4.08 Å². The number of hydrogen-bond acceptors (Lipinski definition) is 1. The van der Waals surface area contributed by atoms with E-state index in [1.165, 1.54) is 0 Å². The molecule has 0 aliphatic carbocycles. The summed E-state index contributed by atoms with van der Waals surface area (Å²) in [6.45, 7) is 0. The molecule has 0 aromatic heterocycles. The third-order valence-corrected chi connectivity index (χ3v) is 3.50. The van der Waals surface area contributed by atoms with E-state index in [-0.39, 0.29) is 0 Å². The van der Waals surface area contributed by atoms with Crippen molar-refractivity contribution >= 4 is 48.3 Å². The highest BCUT2D eigenvalue weighted by molar-refractivity contribution is 7.03. The lowest BCUT2D eigenvalue weighted by molar-refractivity contribution is 0.573. The zero-order valence-corrected chi connectivity index (χ0v) is 9.07. The molecule has 1 aromatic rings. The molecule has 0 aliphatic heterocycles. The Kier molecular flexibility index (Phi) is 3.52. The molecule has 0 radical (unpaired) electrons. The summed E-state index contributed by atoms with van der Waals surface area (Å²) in [5.41, 5.74) is 0.458. The number of anilines is 1. The van der Waals surface area contributed by atoms with Gasteiger partial charge in [0.15, 0.2) is 0 Å². The molecule has 0 unspecified atom stereocenters. The maximum Gasteiger partial charge on any atom is 0.526 e. The van der Waals surface area contributed by atoms with Gasteiger partial charge in [0.2, 0.25) is 0 Å². The molecule has 0 N–H and O–H groups in total. The second-order valence-electron chi connectivity index (χ2n) is 1.99. The molecule has 6 heteroatoms. The minimum Gasteiger partial charge on any atom is -0.337 e. The summed E-state index contributed by atoms with van der Waals surface area (Å²) in [6, 6.07) is 6.77. The molecule has 0 atom stereocenters. The summed E-state index contributed by atoms with van der Waals surface area (Å²) >= 11 is 16.7. The minimum atomic E-state index is -2.45. The Hall–Kier alpha value is -0.0931. The maximum absolute atomic E-state index is 10.8. The highest BCUT2D eigenvalue weighted by Crippen LogP contribution is 2.26. The van der Waals surface area contributed by atoms with Crippen LogP contribution in [0.3, 0.4) is 0 Å². The third-order valence-electron chi connectivity index (χ3n) is 1.22. The Morgan fingerprint density at radius 2 is 1.92 bits per heavy atom. The molecule has 0 saturated heterocycles. The Balaban J connectivity index is 3.02. The summed E-state index contributed by atoms with van der Waals surface area (Å²) < 4.78 is 11.7. The predicted octanol–water partition coefficient (Wildman–Crippen LogP) is 2.95. The molecule has 0 bridgehead atoms. The fraction of sp³-hybridized carbons (Fsp3) is 0. The number of para-hydroxylation sites is 1. The first kappa shape index (κ1) is 9.99. The van der Waals surface area contributed by atoms with Crippen LogP contribution >= 0.6 is 34.5 Å². The van der Waals surface area contributed by atoms with Crippen LogP contribution < -0.4 is 4.08 Å². The molecule has 0 aliphatic rings. The van der Waals surface area contributed by atoms with Crippen LogP contribution in [0.5, 0.6) is 0 Å². The molecule has 0 spiro atoms. The molecule has 0 amide bonds. The second-order valence-corrected chi connectivity index (χ2v) is 4.94. The molecule has 0 fully saturated rings. The van der Waals surface area contributed by atoms with Crippen molar-refractivity contribution in [1.29, 1.82) is 0 Å². The quantitative estimate of drug-likeness (QED) is 0.450. The van der Waals surface area contributed by atoms with E-state index in [0.29, 0.717) is 10.7 Å². The van der Waals surface area contributed by atoms with Crippen molar-refractivity contribution in [2.45, 2.75) is 0 Å². The van der Waals surface area contributed by atoms with E-state index in [1.807, 2.05) is 0 Å². The smallest absolute Gasteiger partial charge is 0.337 e. The predicted molar refractivity (Wildman–Crippen MR) is 52.1 cm³/mol. The summed E-state index contributed by atoms with van der Waals surface area (Å²) in [5, 5.41) is 0.423. The standard InChI is InChI=1S/C6H4Cl3NOSi/c7-5-3-1-2-4-6(5)10(8)12(9)11/h1-4H. The Labute approximate surface area is 86.2 Å². The van der Waals surface area contributed by atoms with Gasteiger partial charge in [-0.15, -0.1) is 0 Å². The van der Waals surface area contributed by atoms with E-state index in [1.54, 1.807) is 24.3 Å². The lowest BCUT2D eigenvalue weighted by atomic mass is 10.3. The lowest BCUT2D eigenvalue weighted by Crippen LogP contribution is -2.16. The number of nitrogens with zero attached hydrogens (tertiary/aromatic N) is 1. The van der Waals surface area contributed by atoms with E-state index in [4.69, 9.17) is 34.5 Å².